The first kappa shape index (κ1) is 15.1. The summed E-state index contributed by atoms with van der Waals surface area (Å²) in [7, 11) is 0. The summed E-state index contributed by atoms with van der Waals surface area (Å²) in [6, 6.07) is 0. The van der Waals surface area contributed by atoms with Gasteiger partial charge in [0.2, 0.25) is 0 Å². The van der Waals surface area contributed by atoms with Gasteiger partial charge in [-0.2, -0.15) is 0 Å². The van der Waals surface area contributed by atoms with Crippen LogP contribution in [0.4, 0.5) is 0 Å². The second kappa shape index (κ2) is 8.16. The highest BCUT2D eigenvalue weighted by molar-refractivity contribution is 4.82. The average molecular weight is 238 g/mol. The van der Waals surface area contributed by atoms with Crippen molar-refractivity contribution in [3.8, 4) is 0 Å². The third-order valence-electron chi connectivity index (χ3n) is 5.22. The molecule has 1 aliphatic carbocycles. The Morgan fingerprint density at radius 3 is 2.06 bits per heavy atom. The first-order valence-electron chi connectivity index (χ1n) is 8.24. The van der Waals surface area contributed by atoms with Crippen molar-refractivity contribution in [1.82, 2.24) is 0 Å². The van der Waals surface area contributed by atoms with Gasteiger partial charge in [-0.05, 0) is 23.7 Å². The van der Waals surface area contributed by atoms with Gasteiger partial charge in [0.1, 0.15) is 0 Å². The summed E-state index contributed by atoms with van der Waals surface area (Å²) in [6.07, 6.45) is 13.2. The van der Waals surface area contributed by atoms with Crippen LogP contribution in [0.2, 0.25) is 0 Å². The second-order valence-corrected chi connectivity index (χ2v) is 6.32. The van der Waals surface area contributed by atoms with Gasteiger partial charge < -0.3 is 0 Å². The van der Waals surface area contributed by atoms with Crippen LogP contribution in [0.3, 0.4) is 0 Å². The van der Waals surface area contributed by atoms with Gasteiger partial charge in [0, 0.05) is 0 Å². The Bertz CT molecular complexity index is 174. The van der Waals surface area contributed by atoms with E-state index in [1.165, 1.54) is 57.8 Å². The smallest absolute Gasteiger partial charge is 0.0332 e. The molecule has 0 bridgehead atoms. The van der Waals surface area contributed by atoms with Gasteiger partial charge in [-0.15, -0.1) is 0 Å². The molecule has 0 N–H and O–H groups in total. The van der Waals surface area contributed by atoms with Gasteiger partial charge >= 0.3 is 0 Å². The van der Waals surface area contributed by atoms with Crippen LogP contribution in [0.25, 0.3) is 0 Å². The number of rotatable bonds is 7. The topological polar surface area (TPSA) is 0 Å². The predicted octanol–water partition coefficient (Wildman–Crippen LogP) is 6.06. The zero-order valence-electron chi connectivity index (χ0n) is 12.7. The summed E-state index contributed by atoms with van der Waals surface area (Å²) in [5.74, 6) is 4.01. The molecule has 1 rings (SSSR count). The largest absolute Gasteiger partial charge is 0.0654 e. The zero-order chi connectivity index (χ0) is 12.7. The van der Waals surface area contributed by atoms with Gasteiger partial charge in [-0.25, -0.2) is 0 Å². The third-order valence-corrected chi connectivity index (χ3v) is 5.22. The summed E-state index contributed by atoms with van der Waals surface area (Å²) < 4.78 is 0. The second-order valence-electron chi connectivity index (χ2n) is 6.32. The Morgan fingerprint density at radius 1 is 0.941 bits per heavy atom. The van der Waals surface area contributed by atoms with Gasteiger partial charge in [0.05, 0.1) is 0 Å². The maximum atomic E-state index is 2.51. The van der Waals surface area contributed by atoms with Crippen molar-refractivity contribution < 1.29 is 0 Å². The van der Waals surface area contributed by atoms with Crippen molar-refractivity contribution in [3.63, 3.8) is 0 Å². The molecular formula is C17H34. The SMILES string of the molecule is CCCC(CC)C(C(C)CC)C1CCCCC1. The molecule has 0 heteroatoms. The van der Waals surface area contributed by atoms with Crippen LogP contribution in [0.5, 0.6) is 0 Å². The first-order chi connectivity index (χ1) is 8.24. The Morgan fingerprint density at radius 2 is 1.59 bits per heavy atom. The Hall–Kier alpha value is 0. The maximum Gasteiger partial charge on any atom is -0.0332 e. The highest BCUT2D eigenvalue weighted by atomic mass is 14.4. The van der Waals surface area contributed by atoms with Crippen molar-refractivity contribution in [2.75, 3.05) is 0 Å². The Kier molecular flexibility index (Phi) is 7.23. The molecule has 0 aromatic heterocycles. The summed E-state index contributed by atoms with van der Waals surface area (Å²) in [4.78, 5) is 0. The lowest BCUT2D eigenvalue weighted by atomic mass is 9.66. The van der Waals surface area contributed by atoms with Crippen LogP contribution in [0.15, 0.2) is 0 Å². The van der Waals surface area contributed by atoms with Crippen molar-refractivity contribution in [3.05, 3.63) is 0 Å². The monoisotopic (exact) mass is 238 g/mol. The molecule has 0 amide bonds. The molecule has 1 aliphatic rings. The third kappa shape index (κ3) is 4.30. The molecule has 1 saturated carbocycles. The van der Waals surface area contributed by atoms with Crippen LogP contribution in [0.1, 0.15) is 85.5 Å². The summed E-state index contributed by atoms with van der Waals surface area (Å²) in [5.41, 5.74) is 0. The fourth-order valence-corrected chi connectivity index (χ4v) is 4.14. The quantitative estimate of drug-likeness (QED) is 0.506. The minimum Gasteiger partial charge on any atom is -0.0654 e. The van der Waals surface area contributed by atoms with E-state index in [1.807, 2.05) is 0 Å². The minimum absolute atomic E-state index is 0.939. The van der Waals surface area contributed by atoms with Crippen molar-refractivity contribution in [2.24, 2.45) is 23.7 Å². The summed E-state index contributed by atoms with van der Waals surface area (Å²) >= 11 is 0. The van der Waals surface area contributed by atoms with Gasteiger partial charge in [0.15, 0.2) is 0 Å². The lowest BCUT2D eigenvalue weighted by molar-refractivity contribution is 0.108. The van der Waals surface area contributed by atoms with E-state index >= 15 is 0 Å². The molecule has 0 radical (unpaired) electrons. The minimum atomic E-state index is 0.939. The van der Waals surface area contributed by atoms with Crippen molar-refractivity contribution in [2.45, 2.75) is 85.5 Å². The van der Waals surface area contributed by atoms with E-state index in [4.69, 9.17) is 0 Å². The van der Waals surface area contributed by atoms with E-state index in [-0.39, 0.29) is 0 Å². The van der Waals surface area contributed by atoms with Crippen LogP contribution in [0, 0.1) is 23.7 Å². The molecule has 1 fully saturated rings. The average Bonchev–Trinajstić information content (AvgIpc) is 2.39. The Balaban J connectivity index is 2.69. The molecule has 0 heterocycles. The van der Waals surface area contributed by atoms with Crippen LogP contribution in [-0.2, 0) is 0 Å². The molecule has 0 aromatic carbocycles. The molecule has 3 unspecified atom stereocenters. The molecule has 0 aliphatic heterocycles. The van der Waals surface area contributed by atoms with E-state index in [9.17, 15) is 0 Å². The fraction of sp³-hybridized carbons (Fsp3) is 1.00. The summed E-state index contributed by atoms with van der Waals surface area (Å²) in [6.45, 7) is 9.67. The highest BCUT2D eigenvalue weighted by Crippen LogP contribution is 2.41. The van der Waals surface area contributed by atoms with E-state index in [0.717, 1.165) is 23.7 Å². The molecule has 0 nitrogen and oxygen atoms in total. The van der Waals surface area contributed by atoms with Crippen LogP contribution >= 0.6 is 0 Å². The van der Waals surface area contributed by atoms with E-state index in [0.29, 0.717) is 0 Å². The molecule has 0 aromatic rings. The van der Waals surface area contributed by atoms with Gasteiger partial charge in [-0.3, -0.25) is 0 Å². The van der Waals surface area contributed by atoms with E-state index < -0.39 is 0 Å². The van der Waals surface area contributed by atoms with E-state index in [2.05, 4.69) is 27.7 Å². The lowest BCUT2D eigenvalue weighted by Crippen LogP contribution is -2.30. The van der Waals surface area contributed by atoms with Crippen molar-refractivity contribution in [1.29, 1.82) is 0 Å². The Labute approximate surface area is 110 Å². The zero-order valence-corrected chi connectivity index (χ0v) is 12.7. The van der Waals surface area contributed by atoms with Gasteiger partial charge in [0.25, 0.3) is 0 Å². The molecule has 17 heavy (non-hydrogen) atoms. The summed E-state index contributed by atoms with van der Waals surface area (Å²) in [5, 5.41) is 0. The number of hydrogen-bond donors (Lipinski definition) is 0. The highest BCUT2D eigenvalue weighted by Gasteiger charge is 2.32. The molecule has 0 saturated heterocycles. The molecule has 102 valence electrons. The standard InChI is InChI=1S/C17H34/c1-5-11-15(7-3)17(14(4)6-2)16-12-9-8-10-13-16/h14-17H,5-13H2,1-4H3. The first-order valence-corrected chi connectivity index (χ1v) is 8.24. The molecule has 3 atom stereocenters. The van der Waals surface area contributed by atoms with Crippen molar-refractivity contribution >= 4 is 0 Å². The fourth-order valence-electron chi connectivity index (χ4n) is 4.14. The van der Waals surface area contributed by atoms with Gasteiger partial charge in [-0.1, -0.05) is 85.5 Å². The molecular weight excluding hydrogens is 204 g/mol. The van der Waals surface area contributed by atoms with Crippen LogP contribution in [-0.4, -0.2) is 0 Å². The normalized spacial score (nSPS) is 23.3. The van der Waals surface area contributed by atoms with Crippen LogP contribution < -0.4 is 0 Å². The lowest BCUT2D eigenvalue weighted by Gasteiger charge is -2.39. The number of hydrogen-bond acceptors (Lipinski definition) is 0. The molecule has 0 spiro atoms. The van der Waals surface area contributed by atoms with E-state index in [1.54, 1.807) is 0 Å². The predicted molar refractivity (Wildman–Crippen MR) is 78.2 cm³/mol. The maximum absolute atomic E-state index is 2.51.